The summed E-state index contributed by atoms with van der Waals surface area (Å²) in [6.07, 6.45) is 3.60. The van der Waals surface area contributed by atoms with Crippen molar-refractivity contribution in [2.24, 2.45) is 0 Å². The Kier molecular flexibility index (Phi) is 4.98. The van der Waals surface area contributed by atoms with E-state index in [0.717, 1.165) is 43.0 Å². The fourth-order valence-corrected chi connectivity index (χ4v) is 2.80. The molecule has 1 aromatic carbocycles. The summed E-state index contributed by atoms with van der Waals surface area (Å²) in [6.45, 7) is 8.02. The second-order valence-corrected chi connectivity index (χ2v) is 5.80. The van der Waals surface area contributed by atoms with Gasteiger partial charge in [0.1, 0.15) is 5.82 Å². The van der Waals surface area contributed by atoms with E-state index in [9.17, 15) is 0 Å². The fourth-order valence-electron chi connectivity index (χ4n) is 2.61. The van der Waals surface area contributed by atoms with E-state index in [-0.39, 0.29) is 0 Å². The van der Waals surface area contributed by atoms with E-state index in [2.05, 4.69) is 37.7 Å². The zero-order valence-electron chi connectivity index (χ0n) is 13.0. The quantitative estimate of drug-likeness (QED) is 0.854. The predicted octanol–water partition coefficient (Wildman–Crippen LogP) is 3.05. The number of benzene rings is 1. The summed E-state index contributed by atoms with van der Waals surface area (Å²) in [5, 5.41) is 3.97. The highest BCUT2D eigenvalue weighted by Gasteiger charge is 2.19. The van der Waals surface area contributed by atoms with E-state index in [0.29, 0.717) is 6.54 Å². The third kappa shape index (κ3) is 3.93. The number of piperazine rings is 1. The van der Waals surface area contributed by atoms with E-state index in [1.54, 1.807) is 6.20 Å². The van der Waals surface area contributed by atoms with Crippen LogP contribution in [0.15, 0.2) is 49.2 Å². The first-order chi connectivity index (χ1) is 11.3. The largest absolute Gasteiger partial charge is 0.368 e. The SMILES string of the molecule is C=CCNc1ccnc(N2CCN(c3cccc(Cl)c3)CC2)n1. The Morgan fingerprint density at radius 1 is 1.17 bits per heavy atom. The van der Waals surface area contributed by atoms with Crippen molar-refractivity contribution in [1.82, 2.24) is 9.97 Å². The third-order valence-corrected chi connectivity index (χ3v) is 4.04. The minimum atomic E-state index is 0.693. The van der Waals surface area contributed by atoms with Crippen LogP contribution < -0.4 is 15.1 Å². The molecule has 0 saturated carbocycles. The van der Waals surface area contributed by atoms with Gasteiger partial charge in [-0.1, -0.05) is 23.7 Å². The Bertz CT molecular complexity index is 668. The number of rotatable bonds is 5. The van der Waals surface area contributed by atoms with Crippen molar-refractivity contribution >= 4 is 29.1 Å². The molecule has 1 aliphatic rings. The minimum absolute atomic E-state index is 0.693. The summed E-state index contributed by atoms with van der Waals surface area (Å²) >= 11 is 6.08. The van der Waals surface area contributed by atoms with Gasteiger partial charge in [0, 0.05) is 49.6 Å². The van der Waals surface area contributed by atoms with Gasteiger partial charge >= 0.3 is 0 Å². The molecule has 1 fully saturated rings. The van der Waals surface area contributed by atoms with Crippen LogP contribution in [0.4, 0.5) is 17.5 Å². The van der Waals surface area contributed by atoms with E-state index < -0.39 is 0 Å². The second-order valence-electron chi connectivity index (χ2n) is 5.37. The van der Waals surface area contributed by atoms with Gasteiger partial charge in [0.05, 0.1) is 0 Å². The van der Waals surface area contributed by atoms with E-state index in [4.69, 9.17) is 11.6 Å². The third-order valence-electron chi connectivity index (χ3n) is 3.81. The molecule has 1 aromatic heterocycles. The summed E-state index contributed by atoms with van der Waals surface area (Å²) in [5.41, 5.74) is 1.17. The Labute approximate surface area is 141 Å². The van der Waals surface area contributed by atoms with Crippen molar-refractivity contribution < 1.29 is 0 Å². The van der Waals surface area contributed by atoms with Crippen molar-refractivity contribution in [1.29, 1.82) is 0 Å². The first-order valence-corrected chi connectivity index (χ1v) is 8.07. The van der Waals surface area contributed by atoms with Crippen LogP contribution in [0.1, 0.15) is 0 Å². The number of nitrogens with one attached hydrogen (secondary N) is 1. The van der Waals surface area contributed by atoms with Gasteiger partial charge in [-0.2, -0.15) is 4.98 Å². The van der Waals surface area contributed by atoms with Crippen LogP contribution in [-0.2, 0) is 0 Å². The summed E-state index contributed by atoms with van der Waals surface area (Å²) in [7, 11) is 0. The van der Waals surface area contributed by atoms with Crippen LogP contribution in [0.5, 0.6) is 0 Å². The smallest absolute Gasteiger partial charge is 0.227 e. The lowest BCUT2D eigenvalue weighted by Crippen LogP contribution is -2.47. The minimum Gasteiger partial charge on any atom is -0.368 e. The van der Waals surface area contributed by atoms with Gasteiger partial charge in [0.2, 0.25) is 5.95 Å². The zero-order chi connectivity index (χ0) is 16.1. The molecule has 0 aliphatic carbocycles. The molecule has 0 bridgehead atoms. The van der Waals surface area contributed by atoms with Crippen LogP contribution in [0, 0.1) is 0 Å². The predicted molar refractivity (Wildman–Crippen MR) is 96.6 cm³/mol. The first-order valence-electron chi connectivity index (χ1n) is 7.69. The van der Waals surface area contributed by atoms with Crippen LogP contribution >= 0.6 is 11.6 Å². The molecule has 0 spiro atoms. The monoisotopic (exact) mass is 329 g/mol. The van der Waals surface area contributed by atoms with Crippen molar-refractivity contribution in [2.45, 2.75) is 0 Å². The Hall–Kier alpha value is -2.27. The number of halogens is 1. The molecule has 23 heavy (non-hydrogen) atoms. The lowest BCUT2D eigenvalue weighted by atomic mass is 10.2. The van der Waals surface area contributed by atoms with Crippen LogP contribution in [0.2, 0.25) is 5.02 Å². The average molecular weight is 330 g/mol. The number of hydrogen-bond donors (Lipinski definition) is 1. The molecule has 1 aliphatic heterocycles. The second kappa shape index (κ2) is 7.33. The van der Waals surface area contributed by atoms with Gasteiger partial charge in [0.25, 0.3) is 0 Å². The molecular formula is C17H20ClN5. The molecule has 0 atom stereocenters. The summed E-state index contributed by atoms with van der Waals surface area (Å²) in [4.78, 5) is 13.5. The molecule has 0 amide bonds. The maximum absolute atomic E-state index is 6.08. The zero-order valence-corrected chi connectivity index (χ0v) is 13.7. The molecule has 120 valence electrons. The van der Waals surface area contributed by atoms with Gasteiger partial charge in [-0.3, -0.25) is 0 Å². The fraction of sp³-hybridized carbons (Fsp3) is 0.294. The van der Waals surface area contributed by atoms with Gasteiger partial charge in [0.15, 0.2) is 0 Å². The number of anilines is 3. The standard InChI is InChI=1S/C17H20ClN5/c1-2-7-19-16-6-8-20-17(21-16)23-11-9-22(10-12-23)15-5-3-4-14(18)13-15/h2-6,8,13H,1,7,9-12H2,(H,19,20,21). The number of nitrogens with zero attached hydrogens (tertiary/aromatic N) is 4. The van der Waals surface area contributed by atoms with E-state index in [1.165, 1.54) is 5.69 Å². The summed E-state index contributed by atoms with van der Waals surface area (Å²) in [6, 6.07) is 9.86. The van der Waals surface area contributed by atoms with Crippen LogP contribution in [-0.4, -0.2) is 42.7 Å². The highest BCUT2D eigenvalue weighted by Crippen LogP contribution is 2.22. The van der Waals surface area contributed by atoms with Gasteiger partial charge in [-0.05, 0) is 24.3 Å². The Morgan fingerprint density at radius 2 is 1.96 bits per heavy atom. The topological polar surface area (TPSA) is 44.3 Å². The van der Waals surface area contributed by atoms with Crippen molar-refractivity contribution in [2.75, 3.05) is 47.8 Å². The lowest BCUT2D eigenvalue weighted by molar-refractivity contribution is 0.640. The Balaban J connectivity index is 1.63. The number of hydrogen-bond acceptors (Lipinski definition) is 5. The molecule has 6 heteroatoms. The van der Waals surface area contributed by atoms with Crippen molar-refractivity contribution in [3.63, 3.8) is 0 Å². The van der Waals surface area contributed by atoms with Crippen LogP contribution in [0.3, 0.4) is 0 Å². The van der Waals surface area contributed by atoms with Crippen molar-refractivity contribution in [3.05, 3.63) is 54.2 Å². The molecule has 1 N–H and O–H groups in total. The normalized spacial score (nSPS) is 14.7. The highest BCUT2D eigenvalue weighted by molar-refractivity contribution is 6.30. The molecule has 5 nitrogen and oxygen atoms in total. The van der Waals surface area contributed by atoms with Crippen LogP contribution in [0.25, 0.3) is 0 Å². The van der Waals surface area contributed by atoms with Gasteiger partial charge in [-0.25, -0.2) is 4.98 Å². The molecule has 1 saturated heterocycles. The average Bonchev–Trinajstić information content (AvgIpc) is 2.60. The molecule has 0 radical (unpaired) electrons. The molecular weight excluding hydrogens is 310 g/mol. The van der Waals surface area contributed by atoms with Crippen molar-refractivity contribution in [3.8, 4) is 0 Å². The highest BCUT2D eigenvalue weighted by atomic mass is 35.5. The number of aromatic nitrogens is 2. The maximum Gasteiger partial charge on any atom is 0.227 e. The first kappa shape index (κ1) is 15.6. The summed E-state index contributed by atoms with van der Waals surface area (Å²) in [5.74, 6) is 1.59. The van der Waals surface area contributed by atoms with Gasteiger partial charge < -0.3 is 15.1 Å². The molecule has 2 aromatic rings. The lowest BCUT2D eigenvalue weighted by Gasteiger charge is -2.36. The van der Waals surface area contributed by atoms with Gasteiger partial charge in [-0.15, -0.1) is 6.58 Å². The molecule has 2 heterocycles. The maximum atomic E-state index is 6.08. The molecule has 3 rings (SSSR count). The Morgan fingerprint density at radius 3 is 2.70 bits per heavy atom. The van der Waals surface area contributed by atoms with E-state index in [1.807, 2.05) is 30.3 Å². The van der Waals surface area contributed by atoms with E-state index >= 15 is 0 Å². The summed E-state index contributed by atoms with van der Waals surface area (Å²) < 4.78 is 0. The molecule has 0 unspecified atom stereocenters.